The average Bonchev–Trinajstić information content (AvgIpc) is 1.90. The number of hydrogen-bond donors (Lipinski definition) is 1. The van der Waals surface area contributed by atoms with Crippen LogP contribution in [-0.2, 0) is 0 Å². The summed E-state index contributed by atoms with van der Waals surface area (Å²) in [5.74, 6) is 0. The maximum atomic E-state index is 6.57. The van der Waals surface area contributed by atoms with Crippen molar-refractivity contribution in [1.29, 1.82) is 5.53 Å². The van der Waals surface area contributed by atoms with Gasteiger partial charge in [-0.05, 0) is 0 Å². The molecule has 0 atom stereocenters. The van der Waals surface area contributed by atoms with E-state index in [1.807, 2.05) is 18.2 Å². The Morgan fingerprint density at radius 1 is 1.12 bits per heavy atom. The highest BCUT2D eigenvalue weighted by molar-refractivity contribution is 5.32. The third-order valence-corrected chi connectivity index (χ3v) is 0.885. The molecule has 0 heterocycles. The smallest absolute Gasteiger partial charge is 0.0618 e. The molecular weight excluding hydrogens is 100 g/mol. The van der Waals surface area contributed by atoms with Crippen molar-refractivity contribution in [3.63, 3.8) is 0 Å². The normalized spacial score (nSPS) is 8.50. The number of rotatable bonds is 1. The van der Waals surface area contributed by atoms with Crippen LogP contribution in [0.25, 0.3) is 0 Å². The number of hydrogen-bond acceptors (Lipinski definition) is 2. The van der Waals surface area contributed by atoms with Crippen molar-refractivity contribution in [3.8, 4) is 0 Å². The van der Waals surface area contributed by atoms with Gasteiger partial charge in [-0.2, -0.15) is 0 Å². The first-order valence-corrected chi connectivity index (χ1v) is 2.36. The summed E-state index contributed by atoms with van der Waals surface area (Å²) in [4.78, 5) is 0. The quantitative estimate of drug-likeness (QED) is 0.529. The topological polar surface area (TPSA) is 38.0 Å². The molecule has 2 nitrogen and oxygen atoms in total. The van der Waals surface area contributed by atoms with Crippen molar-refractivity contribution < 1.29 is 0 Å². The van der Waals surface area contributed by atoms with E-state index in [0.29, 0.717) is 5.69 Å². The van der Waals surface area contributed by atoms with Gasteiger partial charge in [0.25, 0.3) is 0 Å². The van der Waals surface area contributed by atoms with Crippen LogP contribution in [0.15, 0.2) is 30.3 Å². The van der Waals surface area contributed by atoms with Crippen molar-refractivity contribution in [2.24, 2.45) is 0 Å². The summed E-state index contributed by atoms with van der Waals surface area (Å²) in [6.45, 7) is 0. The maximum absolute atomic E-state index is 6.57. The van der Waals surface area contributed by atoms with E-state index in [9.17, 15) is 0 Å². The summed E-state index contributed by atoms with van der Waals surface area (Å²) < 4.78 is 0. The van der Waals surface area contributed by atoms with Gasteiger partial charge in [-0.1, -0.05) is 18.2 Å². The van der Waals surface area contributed by atoms with Crippen LogP contribution in [0, 0.1) is 5.53 Å². The second kappa shape index (κ2) is 2.21. The van der Waals surface area contributed by atoms with Gasteiger partial charge in [0.1, 0.15) is 0 Å². The van der Waals surface area contributed by atoms with Gasteiger partial charge in [-0.15, -0.1) is 0 Å². The second-order valence-corrected chi connectivity index (χ2v) is 1.45. The maximum Gasteiger partial charge on any atom is 0.312 e. The second-order valence-electron chi connectivity index (χ2n) is 1.45. The van der Waals surface area contributed by atoms with Crippen molar-refractivity contribution in [1.82, 2.24) is 5.11 Å². The SMILES string of the molecule is N=[N+]c1ccccc1. The number of nitrogens with zero attached hydrogens (tertiary/aromatic N) is 1. The molecule has 2 heteroatoms. The van der Waals surface area contributed by atoms with Crippen LogP contribution in [0.4, 0.5) is 5.69 Å². The zero-order valence-corrected chi connectivity index (χ0v) is 4.33. The fraction of sp³-hybridized carbons (Fsp3) is 0. The third kappa shape index (κ3) is 0.904. The van der Waals surface area contributed by atoms with Gasteiger partial charge in [0.05, 0.1) is 0 Å². The predicted octanol–water partition coefficient (Wildman–Crippen LogP) is 1.68. The van der Waals surface area contributed by atoms with E-state index in [2.05, 4.69) is 5.11 Å². The molecule has 0 fully saturated rings. The van der Waals surface area contributed by atoms with E-state index in [4.69, 9.17) is 5.53 Å². The molecule has 1 radical (unpaired) electrons. The molecule has 0 amide bonds. The van der Waals surface area contributed by atoms with E-state index >= 15 is 0 Å². The van der Waals surface area contributed by atoms with Gasteiger partial charge in [0.15, 0.2) is 0 Å². The first-order valence-electron chi connectivity index (χ1n) is 2.36. The van der Waals surface area contributed by atoms with Gasteiger partial charge in [-0.25, -0.2) is 0 Å². The van der Waals surface area contributed by atoms with Gasteiger partial charge < -0.3 is 0 Å². The van der Waals surface area contributed by atoms with E-state index in [1.54, 1.807) is 12.1 Å². The lowest BCUT2D eigenvalue weighted by Crippen LogP contribution is -1.69. The van der Waals surface area contributed by atoms with Gasteiger partial charge in [0, 0.05) is 17.7 Å². The van der Waals surface area contributed by atoms with E-state index in [-0.39, 0.29) is 0 Å². The van der Waals surface area contributed by atoms with Gasteiger partial charge in [-0.3, -0.25) is 0 Å². The molecule has 1 aromatic carbocycles. The van der Waals surface area contributed by atoms with Crippen molar-refractivity contribution in [2.45, 2.75) is 0 Å². The van der Waals surface area contributed by atoms with E-state index in [1.165, 1.54) is 0 Å². The van der Waals surface area contributed by atoms with E-state index in [0.717, 1.165) is 0 Å². The molecule has 1 N–H and O–H groups in total. The molecule has 8 heavy (non-hydrogen) atoms. The minimum atomic E-state index is 0.701. The first-order chi connectivity index (χ1) is 3.93. The molecule has 0 saturated carbocycles. The molecule has 0 unspecified atom stereocenters. The summed E-state index contributed by atoms with van der Waals surface area (Å²) in [5.41, 5.74) is 7.27. The van der Waals surface area contributed by atoms with Crippen LogP contribution >= 0.6 is 0 Å². The number of nitrogens with one attached hydrogen (secondary N) is 1. The highest BCUT2D eigenvalue weighted by Gasteiger charge is 1.94. The molecule has 1 aromatic rings. The number of para-hydroxylation sites is 1. The Balaban J connectivity index is 2.99. The molecule has 39 valence electrons. The Hall–Kier alpha value is -1.18. The average molecular weight is 106 g/mol. The van der Waals surface area contributed by atoms with Crippen molar-refractivity contribution >= 4 is 5.69 Å². The van der Waals surface area contributed by atoms with E-state index < -0.39 is 0 Å². The lowest BCUT2D eigenvalue weighted by Gasteiger charge is -1.71. The molecule has 0 saturated heterocycles. The monoisotopic (exact) mass is 106 g/mol. The summed E-state index contributed by atoms with van der Waals surface area (Å²) in [7, 11) is 0. The molecular formula is C6H6N2+. The van der Waals surface area contributed by atoms with Crippen LogP contribution in [0.3, 0.4) is 0 Å². The molecule has 0 spiro atoms. The molecule has 0 aliphatic heterocycles. The largest absolute Gasteiger partial charge is 0.312 e. The molecule has 0 aliphatic rings. The first kappa shape index (κ1) is 4.97. The third-order valence-electron chi connectivity index (χ3n) is 0.885. The Bertz CT molecular complexity index is 169. The predicted molar refractivity (Wildman–Crippen MR) is 31.0 cm³/mol. The fourth-order valence-corrected chi connectivity index (χ4v) is 0.503. The minimum absolute atomic E-state index is 0.701. The molecule has 0 aromatic heterocycles. The molecule has 0 bridgehead atoms. The Morgan fingerprint density at radius 2 is 1.75 bits per heavy atom. The lowest BCUT2D eigenvalue weighted by molar-refractivity contribution is 1.03. The van der Waals surface area contributed by atoms with Crippen LogP contribution in [0.1, 0.15) is 0 Å². The van der Waals surface area contributed by atoms with Crippen molar-refractivity contribution in [3.05, 3.63) is 30.3 Å². The summed E-state index contributed by atoms with van der Waals surface area (Å²) in [6.07, 6.45) is 0. The standard InChI is InChI=1S/C6H6N2/c7-8-6-4-2-1-3-5-6/h1-5,7H/q+1. The lowest BCUT2D eigenvalue weighted by atomic mass is 10.3. The molecule has 0 aliphatic carbocycles. The summed E-state index contributed by atoms with van der Waals surface area (Å²) >= 11 is 0. The summed E-state index contributed by atoms with van der Waals surface area (Å²) in [5, 5.41) is 3.22. The zero-order chi connectivity index (χ0) is 5.82. The minimum Gasteiger partial charge on any atom is -0.0618 e. The Kier molecular flexibility index (Phi) is 1.37. The Labute approximate surface area is 47.7 Å². The van der Waals surface area contributed by atoms with Crippen LogP contribution in [0.2, 0.25) is 0 Å². The number of benzene rings is 1. The van der Waals surface area contributed by atoms with Crippen LogP contribution < -0.4 is 5.11 Å². The Morgan fingerprint density at radius 3 is 2.12 bits per heavy atom. The van der Waals surface area contributed by atoms with Gasteiger partial charge in [0.2, 0.25) is 5.11 Å². The van der Waals surface area contributed by atoms with Crippen LogP contribution in [0.5, 0.6) is 0 Å². The van der Waals surface area contributed by atoms with Crippen LogP contribution in [-0.4, -0.2) is 0 Å². The fourth-order valence-electron chi connectivity index (χ4n) is 0.503. The van der Waals surface area contributed by atoms with Gasteiger partial charge >= 0.3 is 5.69 Å². The zero-order valence-electron chi connectivity index (χ0n) is 4.33. The highest BCUT2D eigenvalue weighted by atomic mass is 14.9. The summed E-state index contributed by atoms with van der Waals surface area (Å²) in [6, 6.07) is 9.18. The molecule has 1 rings (SSSR count). The highest BCUT2D eigenvalue weighted by Crippen LogP contribution is 2.00. The van der Waals surface area contributed by atoms with Crippen molar-refractivity contribution in [2.75, 3.05) is 0 Å².